The number of benzene rings is 1. The van der Waals surface area contributed by atoms with E-state index in [2.05, 4.69) is 0 Å². The molecule has 21 heavy (non-hydrogen) atoms. The maximum Gasteiger partial charge on any atom is 0.253 e. The van der Waals surface area contributed by atoms with Crippen molar-refractivity contribution in [2.75, 3.05) is 18.8 Å². The molecule has 2 heterocycles. The number of carbonyl (C=O) groups is 1. The van der Waals surface area contributed by atoms with Gasteiger partial charge in [0.2, 0.25) is 0 Å². The van der Waals surface area contributed by atoms with E-state index in [0.29, 0.717) is 5.56 Å². The summed E-state index contributed by atoms with van der Waals surface area (Å²) in [5, 5.41) is 3.05. The second-order valence-electron chi connectivity index (χ2n) is 5.98. The van der Waals surface area contributed by atoms with Gasteiger partial charge in [0.05, 0.1) is 10.5 Å². The molecule has 0 saturated carbocycles. The summed E-state index contributed by atoms with van der Waals surface area (Å²) in [6.07, 6.45) is 0. The van der Waals surface area contributed by atoms with Gasteiger partial charge in [-0.2, -0.15) is 0 Å². The molecule has 0 aliphatic carbocycles. The van der Waals surface area contributed by atoms with Gasteiger partial charge in [-0.15, -0.1) is 11.3 Å². The van der Waals surface area contributed by atoms with Crippen molar-refractivity contribution in [1.29, 1.82) is 0 Å². The maximum atomic E-state index is 12.6. The zero-order chi connectivity index (χ0) is 15.3. The first-order chi connectivity index (χ1) is 9.80. The van der Waals surface area contributed by atoms with Crippen LogP contribution in [0.4, 0.5) is 0 Å². The lowest BCUT2D eigenvalue weighted by molar-refractivity contribution is 0.0743. The number of rotatable bonds is 1. The van der Waals surface area contributed by atoms with Crippen molar-refractivity contribution in [2.24, 2.45) is 0 Å². The molecule has 3 rings (SSSR count). The van der Waals surface area contributed by atoms with Gasteiger partial charge in [0.1, 0.15) is 0 Å². The van der Waals surface area contributed by atoms with Gasteiger partial charge in [-0.1, -0.05) is 0 Å². The highest BCUT2D eigenvalue weighted by Crippen LogP contribution is 2.26. The molecule has 0 radical (unpaired) electrons. The van der Waals surface area contributed by atoms with Gasteiger partial charge in [-0.3, -0.25) is 4.79 Å². The first-order valence-corrected chi connectivity index (χ1v) is 9.32. The number of hydrogen-bond donors (Lipinski definition) is 0. The highest BCUT2D eigenvalue weighted by Gasteiger charge is 2.41. The third-order valence-corrected chi connectivity index (χ3v) is 7.46. The Balaban J connectivity index is 1.88. The fourth-order valence-electron chi connectivity index (χ4n) is 2.60. The van der Waals surface area contributed by atoms with Crippen LogP contribution in [0.2, 0.25) is 0 Å². The minimum atomic E-state index is -3.13. The minimum Gasteiger partial charge on any atom is -0.336 e. The van der Waals surface area contributed by atoms with E-state index >= 15 is 0 Å². The third-order valence-electron chi connectivity index (χ3n) is 4.03. The van der Waals surface area contributed by atoms with Gasteiger partial charge in [-0.25, -0.2) is 8.42 Å². The first-order valence-electron chi connectivity index (χ1n) is 6.79. The van der Waals surface area contributed by atoms with E-state index in [1.165, 1.54) is 0 Å². The molecule has 1 aliphatic heterocycles. The number of carbonyl (C=O) groups excluding carboxylic acids is 1. The summed E-state index contributed by atoms with van der Waals surface area (Å²) >= 11 is 1.64. The third kappa shape index (κ3) is 2.46. The predicted octanol–water partition coefficient (Wildman–Crippen LogP) is 2.55. The average molecular weight is 323 g/mol. The zero-order valence-electron chi connectivity index (χ0n) is 12.0. The number of nitrogens with zero attached hydrogens (tertiary/aromatic N) is 1. The van der Waals surface area contributed by atoms with Gasteiger partial charge < -0.3 is 4.90 Å². The second-order valence-corrected chi connectivity index (χ2v) is 9.67. The zero-order valence-corrected chi connectivity index (χ0v) is 13.6. The van der Waals surface area contributed by atoms with Gasteiger partial charge in [0.15, 0.2) is 9.84 Å². The molecule has 1 amide bonds. The standard InChI is InChI=1S/C15H17NO3S2/c1-15(2)10-16(6-8-21(15,18)19)14(17)12-3-4-13-11(9-12)5-7-20-13/h3-5,7,9H,6,8,10H2,1-2H3. The maximum absolute atomic E-state index is 12.6. The Kier molecular flexibility index (Phi) is 3.33. The van der Waals surface area contributed by atoms with Gasteiger partial charge in [0.25, 0.3) is 5.91 Å². The quantitative estimate of drug-likeness (QED) is 0.810. The SMILES string of the molecule is CC1(C)CN(C(=O)c2ccc3sccc3c2)CCS1(=O)=O. The summed E-state index contributed by atoms with van der Waals surface area (Å²) in [5.41, 5.74) is 0.621. The van der Waals surface area contributed by atoms with Crippen LogP contribution < -0.4 is 0 Å². The van der Waals surface area contributed by atoms with Crippen molar-refractivity contribution in [3.05, 3.63) is 35.2 Å². The lowest BCUT2D eigenvalue weighted by Crippen LogP contribution is -2.54. The summed E-state index contributed by atoms with van der Waals surface area (Å²) in [6.45, 7) is 3.88. The highest BCUT2D eigenvalue weighted by molar-refractivity contribution is 7.92. The number of thiophene rings is 1. The summed E-state index contributed by atoms with van der Waals surface area (Å²) in [7, 11) is -3.13. The molecule has 0 bridgehead atoms. The van der Waals surface area contributed by atoms with Crippen LogP contribution in [-0.4, -0.2) is 42.8 Å². The van der Waals surface area contributed by atoms with E-state index in [0.717, 1.165) is 10.1 Å². The second kappa shape index (κ2) is 4.81. The molecule has 6 heteroatoms. The van der Waals surface area contributed by atoms with Gasteiger partial charge in [0, 0.05) is 23.4 Å². The lowest BCUT2D eigenvalue weighted by atomic mass is 10.1. The number of hydrogen-bond acceptors (Lipinski definition) is 4. The molecule has 112 valence electrons. The largest absolute Gasteiger partial charge is 0.336 e. The van der Waals surface area contributed by atoms with E-state index in [1.807, 2.05) is 29.6 Å². The molecule has 1 fully saturated rings. The van der Waals surface area contributed by atoms with Gasteiger partial charge >= 0.3 is 0 Å². The summed E-state index contributed by atoms with van der Waals surface area (Å²) < 4.78 is 24.3. The molecule has 1 aliphatic rings. The highest BCUT2D eigenvalue weighted by atomic mass is 32.2. The monoisotopic (exact) mass is 323 g/mol. The van der Waals surface area contributed by atoms with Crippen molar-refractivity contribution >= 4 is 37.2 Å². The van der Waals surface area contributed by atoms with E-state index in [1.54, 1.807) is 30.1 Å². The van der Waals surface area contributed by atoms with Crippen LogP contribution in [0.5, 0.6) is 0 Å². The molecule has 4 nitrogen and oxygen atoms in total. The van der Waals surface area contributed by atoms with Crippen molar-refractivity contribution in [2.45, 2.75) is 18.6 Å². The molecule has 0 atom stereocenters. The fraction of sp³-hybridized carbons (Fsp3) is 0.400. The Morgan fingerprint density at radius 1 is 1.29 bits per heavy atom. The van der Waals surface area contributed by atoms with Crippen LogP contribution in [-0.2, 0) is 9.84 Å². The Labute approximate surface area is 128 Å². The van der Waals surface area contributed by atoms with Crippen LogP contribution in [0.15, 0.2) is 29.6 Å². The summed E-state index contributed by atoms with van der Waals surface area (Å²) in [4.78, 5) is 14.2. The molecule has 1 aromatic heterocycles. The number of fused-ring (bicyclic) bond motifs is 1. The summed E-state index contributed by atoms with van der Waals surface area (Å²) in [6, 6.07) is 7.63. The van der Waals surface area contributed by atoms with E-state index < -0.39 is 14.6 Å². The summed E-state index contributed by atoms with van der Waals surface area (Å²) in [5.74, 6) is -0.0574. The van der Waals surface area contributed by atoms with Crippen LogP contribution in [0.25, 0.3) is 10.1 Å². The molecular formula is C15H17NO3S2. The lowest BCUT2D eigenvalue weighted by Gasteiger charge is -2.37. The van der Waals surface area contributed by atoms with Crippen LogP contribution in [0.3, 0.4) is 0 Å². The molecule has 1 saturated heterocycles. The predicted molar refractivity (Wildman–Crippen MR) is 85.6 cm³/mol. The molecule has 2 aromatic rings. The molecule has 0 unspecified atom stereocenters. The number of amides is 1. The topological polar surface area (TPSA) is 54.5 Å². The average Bonchev–Trinajstić information content (AvgIpc) is 2.88. The van der Waals surface area contributed by atoms with E-state index in [9.17, 15) is 13.2 Å². The smallest absolute Gasteiger partial charge is 0.253 e. The normalized spacial score (nSPS) is 20.6. The van der Waals surface area contributed by atoms with Gasteiger partial charge in [-0.05, 0) is 48.9 Å². The number of sulfone groups is 1. The first kappa shape index (κ1) is 14.5. The van der Waals surface area contributed by atoms with Crippen LogP contribution in [0, 0.1) is 0 Å². The van der Waals surface area contributed by atoms with Crippen LogP contribution in [0.1, 0.15) is 24.2 Å². The minimum absolute atomic E-state index is 0.0342. The van der Waals surface area contributed by atoms with Crippen molar-refractivity contribution < 1.29 is 13.2 Å². The molecule has 0 N–H and O–H groups in total. The van der Waals surface area contributed by atoms with Crippen molar-refractivity contribution in [1.82, 2.24) is 4.90 Å². The van der Waals surface area contributed by atoms with Crippen LogP contribution >= 0.6 is 11.3 Å². The van der Waals surface area contributed by atoms with Crippen molar-refractivity contribution in [3.8, 4) is 0 Å². The Morgan fingerprint density at radius 2 is 2.05 bits per heavy atom. The Bertz CT molecular complexity index is 805. The van der Waals surface area contributed by atoms with E-state index in [4.69, 9.17) is 0 Å². The fourth-order valence-corrected chi connectivity index (χ4v) is 4.74. The Hall–Kier alpha value is -1.40. The van der Waals surface area contributed by atoms with E-state index in [-0.39, 0.29) is 24.7 Å². The Morgan fingerprint density at radius 3 is 2.76 bits per heavy atom. The molecular weight excluding hydrogens is 306 g/mol. The molecule has 0 spiro atoms. The van der Waals surface area contributed by atoms with Crippen molar-refractivity contribution in [3.63, 3.8) is 0 Å². The molecule has 1 aromatic carbocycles.